The summed E-state index contributed by atoms with van der Waals surface area (Å²) in [5.41, 5.74) is 3.37. The van der Waals surface area contributed by atoms with Crippen molar-refractivity contribution in [2.45, 2.75) is 77.7 Å². The fourth-order valence-electron chi connectivity index (χ4n) is 4.89. The maximum absolute atomic E-state index is 12.6. The zero-order chi connectivity index (χ0) is 19.0. The first-order valence-electron chi connectivity index (χ1n) is 10.4. The van der Waals surface area contributed by atoms with Crippen LogP contribution in [0.5, 0.6) is 0 Å². The molecule has 1 aromatic carbocycles. The number of rotatable bonds is 4. The van der Waals surface area contributed by atoms with Gasteiger partial charge in [-0.1, -0.05) is 12.5 Å². The third kappa shape index (κ3) is 3.31. The molecule has 0 spiro atoms. The number of carbonyl (C=O) groups is 1. The highest BCUT2D eigenvalue weighted by Crippen LogP contribution is 2.27. The first kappa shape index (κ1) is 18.3. The molecule has 0 unspecified atom stereocenters. The molecule has 1 amide bonds. The van der Waals surface area contributed by atoms with Crippen LogP contribution in [0.4, 0.5) is 0 Å². The van der Waals surface area contributed by atoms with Crippen LogP contribution in [0.15, 0.2) is 23.0 Å². The molecule has 2 aliphatic heterocycles. The van der Waals surface area contributed by atoms with Gasteiger partial charge in [0, 0.05) is 44.7 Å². The molecule has 2 aliphatic rings. The van der Waals surface area contributed by atoms with Crippen molar-refractivity contribution in [1.82, 2.24) is 19.4 Å². The lowest BCUT2D eigenvalue weighted by atomic mass is 9.98. The Morgan fingerprint density at radius 2 is 1.81 bits per heavy atom. The van der Waals surface area contributed by atoms with Crippen molar-refractivity contribution in [1.29, 1.82) is 0 Å². The molecule has 0 bridgehead atoms. The van der Waals surface area contributed by atoms with E-state index in [4.69, 9.17) is 0 Å². The average Bonchev–Trinajstić information content (AvgIpc) is 3.13. The van der Waals surface area contributed by atoms with E-state index in [9.17, 15) is 9.59 Å². The Kier molecular flexibility index (Phi) is 5.08. The van der Waals surface area contributed by atoms with E-state index in [-0.39, 0.29) is 17.6 Å². The van der Waals surface area contributed by atoms with E-state index < -0.39 is 0 Å². The van der Waals surface area contributed by atoms with Gasteiger partial charge in [-0.3, -0.25) is 18.8 Å². The topological polar surface area (TPSA) is 59.3 Å². The van der Waals surface area contributed by atoms with Crippen LogP contribution in [-0.4, -0.2) is 38.6 Å². The number of fused-ring (bicyclic) bond motifs is 2. The molecule has 6 heteroatoms. The first-order valence-corrected chi connectivity index (χ1v) is 10.4. The zero-order valence-corrected chi connectivity index (χ0v) is 16.4. The third-order valence-electron chi connectivity index (χ3n) is 6.26. The van der Waals surface area contributed by atoms with E-state index in [1.807, 2.05) is 23.0 Å². The molecule has 1 aromatic heterocycles. The lowest BCUT2D eigenvalue weighted by Gasteiger charge is -2.30. The Morgan fingerprint density at radius 1 is 1.04 bits per heavy atom. The van der Waals surface area contributed by atoms with Gasteiger partial charge in [-0.05, 0) is 50.8 Å². The Morgan fingerprint density at radius 3 is 2.59 bits per heavy atom. The van der Waals surface area contributed by atoms with Crippen LogP contribution in [0.25, 0.3) is 11.0 Å². The second-order valence-electron chi connectivity index (χ2n) is 7.84. The lowest BCUT2D eigenvalue weighted by Crippen LogP contribution is -2.45. The van der Waals surface area contributed by atoms with Gasteiger partial charge in [0.05, 0.1) is 11.0 Å². The van der Waals surface area contributed by atoms with Gasteiger partial charge >= 0.3 is 5.69 Å². The molecule has 1 N–H and O–H groups in total. The van der Waals surface area contributed by atoms with Crippen LogP contribution in [0.2, 0.25) is 0 Å². The molecule has 2 fully saturated rings. The molecule has 6 nitrogen and oxygen atoms in total. The Balaban J connectivity index is 1.60. The number of carbonyl (C=O) groups excluding carboxylic acids is 1. The molecular formula is C21H30N4O2. The number of imidazole rings is 1. The molecule has 2 saturated heterocycles. The number of aromatic nitrogens is 2. The maximum Gasteiger partial charge on any atom is 0.329 e. The summed E-state index contributed by atoms with van der Waals surface area (Å²) >= 11 is 0. The second kappa shape index (κ2) is 7.50. The number of nitrogens with one attached hydrogen (secondary N) is 1. The Hall–Kier alpha value is -2.08. The predicted molar refractivity (Wildman–Crippen MR) is 107 cm³/mol. The molecule has 27 heavy (non-hydrogen) atoms. The van der Waals surface area contributed by atoms with Crippen LogP contribution in [0.1, 0.15) is 51.5 Å². The van der Waals surface area contributed by atoms with Crippen molar-refractivity contribution >= 4 is 16.9 Å². The van der Waals surface area contributed by atoms with Crippen LogP contribution in [-0.2, 0) is 24.4 Å². The molecule has 0 saturated carbocycles. The van der Waals surface area contributed by atoms with Crippen molar-refractivity contribution in [3.05, 3.63) is 34.2 Å². The van der Waals surface area contributed by atoms with Crippen LogP contribution in [0.3, 0.4) is 0 Å². The summed E-state index contributed by atoms with van der Waals surface area (Å²) in [6, 6.07) is 7.15. The minimum Gasteiger partial charge on any atom is -0.352 e. The summed E-state index contributed by atoms with van der Waals surface area (Å²) in [4.78, 5) is 27.0. The van der Waals surface area contributed by atoms with Crippen molar-refractivity contribution in [2.75, 3.05) is 6.54 Å². The van der Waals surface area contributed by atoms with Gasteiger partial charge in [0.1, 0.15) is 0 Å². The summed E-state index contributed by atoms with van der Waals surface area (Å²) in [6.07, 6.45) is 4.97. The molecular weight excluding hydrogens is 340 g/mol. The number of nitrogens with zero attached hydrogens (tertiary/aromatic N) is 3. The van der Waals surface area contributed by atoms with Gasteiger partial charge in [0.2, 0.25) is 5.91 Å². The van der Waals surface area contributed by atoms with E-state index in [2.05, 4.69) is 28.4 Å². The van der Waals surface area contributed by atoms with Crippen molar-refractivity contribution in [2.24, 2.45) is 0 Å². The van der Waals surface area contributed by atoms with Crippen LogP contribution < -0.4 is 11.0 Å². The highest BCUT2D eigenvalue weighted by Gasteiger charge is 2.35. The molecule has 0 radical (unpaired) electrons. The summed E-state index contributed by atoms with van der Waals surface area (Å²) in [5.74, 6) is 0.209. The van der Waals surface area contributed by atoms with Gasteiger partial charge in [0.25, 0.3) is 0 Å². The van der Waals surface area contributed by atoms with Crippen molar-refractivity contribution in [3.8, 4) is 0 Å². The highest BCUT2D eigenvalue weighted by molar-refractivity contribution is 5.77. The largest absolute Gasteiger partial charge is 0.352 e. The maximum atomic E-state index is 12.6. The van der Waals surface area contributed by atoms with E-state index in [0.29, 0.717) is 25.6 Å². The fraction of sp³-hybridized carbons (Fsp3) is 0.619. The Labute approximate surface area is 160 Å². The van der Waals surface area contributed by atoms with Gasteiger partial charge in [-0.15, -0.1) is 0 Å². The number of hydrogen-bond donors (Lipinski definition) is 1. The van der Waals surface area contributed by atoms with Gasteiger partial charge in [-0.25, -0.2) is 4.79 Å². The monoisotopic (exact) mass is 370 g/mol. The van der Waals surface area contributed by atoms with E-state index in [1.54, 1.807) is 0 Å². The smallest absolute Gasteiger partial charge is 0.329 e. The molecule has 2 aromatic rings. The number of aryl methyl sites for hydroxylation is 2. The van der Waals surface area contributed by atoms with Crippen molar-refractivity contribution < 1.29 is 4.79 Å². The minimum atomic E-state index is 0.0797. The highest BCUT2D eigenvalue weighted by atomic mass is 16.2. The standard InChI is InChI=1S/C21H30N4O2/c1-3-24-18-10-9-15(13-19(18)25(4-2)21(24)27)14-23-12-11-16-17(23)7-5-6-8-20(26)22-16/h9-10,13,16-17H,3-8,11-12,14H2,1-2H3,(H,22,26)/t16-,17+/m0/s1. The molecule has 4 rings (SSSR count). The minimum absolute atomic E-state index is 0.0797. The zero-order valence-electron chi connectivity index (χ0n) is 16.4. The van der Waals surface area contributed by atoms with Gasteiger partial charge in [-0.2, -0.15) is 0 Å². The third-order valence-corrected chi connectivity index (χ3v) is 6.26. The lowest BCUT2D eigenvalue weighted by molar-refractivity contribution is -0.122. The van der Waals surface area contributed by atoms with Gasteiger partial charge < -0.3 is 5.32 Å². The van der Waals surface area contributed by atoms with Crippen molar-refractivity contribution in [3.63, 3.8) is 0 Å². The molecule has 2 atom stereocenters. The number of benzene rings is 1. The van der Waals surface area contributed by atoms with E-state index >= 15 is 0 Å². The fourth-order valence-corrected chi connectivity index (χ4v) is 4.89. The SMILES string of the molecule is CCn1c(=O)n(CC)c2cc(CN3CC[C@@H]4NC(=O)CCCC[C@H]43)ccc21. The number of amides is 1. The normalized spacial score (nSPS) is 23.9. The quantitative estimate of drug-likeness (QED) is 0.899. The van der Waals surface area contributed by atoms with E-state index in [1.165, 1.54) is 5.56 Å². The first-order chi connectivity index (χ1) is 13.1. The van der Waals surface area contributed by atoms with E-state index in [0.717, 1.165) is 49.8 Å². The summed E-state index contributed by atoms with van der Waals surface area (Å²) in [7, 11) is 0. The summed E-state index contributed by atoms with van der Waals surface area (Å²) < 4.78 is 3.71. The molecule has 3 heterocycles. The summed E-state index contributed by atoms with van der Waals surface area (Å²) in [5, 5.41) is 3.23. The molecule has 146 valence electrons. The second-order valence-corrected chi connectivity index (χ2v) is 7.84. The molecule has 0 aliphatic carbocycles. The number of likely N-dealkylation sites (tertiary alicyclic amines) is 1. The van der Waals surface area contributed by atoms with Crippen LogP contribution in [0, 0.1) is 0 Å². The average molecular weight is 370 g/mol. The Bertz CT molecular complexity index is 897. The predicted octanol–water partition coefficient (Wildman–Crippen LogP) is 2.48. The van der Waals surface area contributed by atoms with Crippen LogP contribution >= 0.6 is 0 Å². The number of hydrogen-bond acceptors (Lipinski definition) is 3. The summed E-state index contributed by atoms with van der Waals surface area (Å²) in [6.45, 7) is 7.31. The van der Waals surface area contributed by atoms with Gasteiger partial charge in [0.15, 0.2) is 0 Å².